The van der Waals surface area contributed by atoms with Crippen molar-refractivity contribution in [3.05, 3.63) is 12.2 Å². The second-order valence-electron chi connectivity index (χ2n) is 7.23. The number of nitrogens with zero attached hydrogens (tertiary/aromatic N) is 1. The first-order valence-corrected chi connectivity index (χ1v) is 9.50. The van der Waals surface area contributed by atoms with E-state index in [0.717, 1.165) is 18.9 Å². The van der Waals surface area contributed by atoms with Crippen LogP contribution in [0, 0.1) is 0 Å². The molecule has 1 rings (SSSR count). The lowest BCUT2D eigenvalue weighted by molar-refractivity contribution is 0.273. The molecule has 1 aliphatic heterocycles. The zero-order valence-electron chi connectivity index (χ0n) is 15.2. The maximum atomic E-state index is 5.61. The molecule has 22 heavy (non-hydrogen) atoms. The zero-order valence-corrected chi connectivity index (χ0v) is 15.2. The van der Waals surface area contributed by atoms with Gasteiger partial charge in [0.2, 0.25) is 0 Å². The molecule has 0 saturated carbocycles. The molecule has 2 nitrogen and oxygen atoms in total. The molecular weight excluding hydrogens is 270 g/mol. The van der Waals surface area contributed by atoms with Crippen molar-refractivity contribution >= 4 is 5.90 Å². The van der Waals surface area contributed by atoms with Crippen molar-refractivity contribution in [3.8, 4) is 0 Å². The van der Waals surface area contributed by atoms with Gasteiger partial charge in [0.15, 0.2) is 5.90 Å². The number of allylic oxidation sites excluding steroid dienone is 2. The van der Waals surface area contributed by atoms with Crippen LogP contribution in [0.5, 0.6) is 0 Å². The molecule has 0 spiro atoms. The summed E-state index contributed by atoms with van der Waals surface area (Å²) in [6.07, 6.45) is 20.5. The van der Waals surface area contributed by atoms with Crippen molar-refractivity contribution in [2.45, 2.75) is 103 Å². The van der Waals surface area contributed by atoms with E-state index in [-0.39, 0.29) is 5.54 Å². The maximum Gasteiger partial charge on any atom is 0.183 e. The predicted molar refractivity (Wildman–Crippen MR) is 97.7 cm³/mol. The third-order valence-corrected chi connectivity index (χ3v) is 4.17. The van der Waals surface area contributed by atoms with Crippen LogP contribution in [0.1, 0.15) is 97.8 Å². The molecule has 128 valence electrons. The highest BCUT2D eigenvalue weighted by atomic mass is 16.5. The van der Waals surface area contributed by atoms with E-state index in [1.54, 1.807) is 0 Å². The quantitative estimate of drug-likeness (QED) is 0.283. The molecule has 0 saturated heterocycles. The third kappa shape index (κ3) is 10.0. The summed E-state index contributed by atoms with van der Waals surface area (Å²) in [6, 6.07) is 0. The number of aliphatic imine (C=N–C) groups is 1. The summed E-state index contributed by atoms with van der Waals surface area (Å²) in [5.74, 6) is 0.969. The Kier molecular flexibility index (Phi) is 10.3. The fourth-order valence-electron chi connectivity index (χ4n) is 2.78. The molecule has 0 aliphatic carbocycles. The van der Waals surface area contributed by atoms with Crippen molar-refractivity contribution in [1.29, 1.82) is 0 Å². The predicted octanol–water partition coefficient (Wildman–Crippen LogP) is 6.45. The average molecular weight is 308 g/mol. The summed E-state index contributed by atoms with van der Waals surface area (Å²) in [7, 11) is 0. The first-order chi connectivity index (χ1) is 10.6. The molecule has 0 aromatic rings. The van der Waals surface area contributed by atoms with Gasteiger partial charge in [-0.2, -0.15) is 0 Å². The lowest BCUT2D eigenvalue weighted by atomic mass is 10.1. The Morgan fingerprint density at radius 2 is 1.50 bits per heavy atom. The Morgan fingerprint density at radius 1 is 0.909 bits per heavy atom. The molecule has 0 atom stereocenters. The Morgan fingerprint density at radius 3 is 2.09 bits per heavy atom. The van der Waals surface area contributed by atoms with Gasteiger partial charge >= 0.3 is 0 Å². The SMILES string of the molecule is CCCCCCCCC/C=C\CCCCC1=NC(C)(C)CO1. The Hall–Kier alpha value is -0.790. The van der Waals surface area contributed by atoms with Crippen LogP contribution in [0.3, 0.4) is 0 Å². The van der Waals surface area contributed by atoms with E-state index in [0.29, 0.717) is 0 Å². The van der Waals surface area contributed by atoms with Gasteiger partial charge in [-0.15, -0.1) is 0 Å². The van der Waals surface area contributed by atoms with Crippen molar-refractivity contribution < 1.29 is 4.74 Å². The summed E-state index contributed by atoms with van der Waals surface area (Å²) in [5, 5.41) is 0. The molecule has 0 aromatic carbocycles. The van der Waals surface area contributed by atoms with E-state index in [1.165, 1.54) is 70.6 Å². The molecule has 0 radical (unpaired) electrons. The molecule has 0 N–H and O–H groups in total. The topological polar surface area (TPSA) is 21.6 Å². The van der Waals surface area contributed by atoms with Crippen LogP contribution in [0.4, 0.5) is 0 Å². The highest BCUT2D eigenvalue weighted by Gasteiger charge is 2.25. The number of unbranched alkanes of at least 4 members (excludes halogenated alkanes) is 9. The largest absolute Gasteiger partial charge is 0.478 e. The summed E-state index contributed by atoms with van der Waals surface area (Å²) >= 11 is 0. The average Bonchev–Trinajstić information content (AvgIpc) is 2.83. The van der Waals surface area contributed by atoms with Gasteiger partial charge in [-0.3, -0.25) is 0 Å². The van der Waals surface area contributed by atoms with Crippen molar-refractivity contribution in [2.24, 2.45) is 4.99 Å². The summed E-state index contributed by atoms with van der Waals surface area (Å²) in [4.78, 5) is 4.59. The third-order valence-electron chi connectivity index (χ3n) is 4.17. The van der Waals surface area contributed by atoms with Gasteiger partial charge in [0, 0.05) is 6.42 Å². The molecule has 0 aromatic heterocycles. The van der Waals surface area contributed by atoms with Gasteiger partial charge in [0.25, 0.3) is 0 Å². The normalized spacial score (nSPS) is 17.0. The number of hydrogen-bond acceptors (Lipinski definition) is 2. The van der Waals surface area contributed by atoms with Crippen LogP contribution in [-0.2, 0) is 4.74 Å². The molecule has 2 heteroatoms. The van der Waals surface area contributed by atoms with Gasteiger partial charge in [0.1, 0.15) is 6.61 Å². The molecule has 1 heterocycles. The Balaban J connectivity index is 1.85. The van der Waals surface area contributed by atoms with Gasteiger partial charge in [-0.1, -0.05) is 57.6 Å². The van der Waals surface area contributed by atoms with E-state index in [2.05, 4.69) is 37.9 Å². The van der Waals surface area contributed by atoms with E-state index < -0.39 is 0 Å². The van der Waals surface area contributed by atoms with E-state index >= 15 is 0 Å². The number of ether oxygens (including phenoxy) is 1. The second kappa shape index (κ2) is 11.7. The van der Waals surface area contributed by atoms with Gasteiger partial charge in [-0.05, 0) is 46.0 Å². The van der Waals surface area contributed by atoms with E-state index in [4.69, 9.17) is 4.74 Å². The molecule has 0 amide bonds. The van der Waals surface area contributed by atoms with Gasteiger partial charge < -0.3 is 4.74 Å². The van der Waals surface area contributed by atoms with Crippen molar-refractivity contribution in [1.82, 2.24) is 0 Å². The van der Waals surface area contributed by atoms with E-state index in [1.807, 2.05) is 0 Å². The van der Waals surface area contributed by atoms with Gasteiger partial charge in [-0.25, -0.2) is 4.99 Å². The van der Waals surface area contributed by atoms with Crippen LogP contribution in [0.15, 0.2) is 17.1 Å². The van der Waals surface area contributed by atoms with E-state index in [9.17, 15) is 0 Å². The van der Waals surface area contributed by atoms with Crippen LogP contribution >= 0.6 is 0 Å². The lowest BCUT2D eigenvalue weighted by Gasteiger charge is -2.07. The summed E-state index contributed by atoms with van der Waals surface area (Å²) in [6.45, 7) is 7.29. The molecule has 1 aliphatic rings. The summed E-state index contributed by atoms with van der Waals surface area (Å²) in [5.41, 5.74) is 0.00573. The lowest BCUT2D eigenvalue weighted by Crippen LogP contribution is -2.17. The Bertz CT molecular complexity index is 331. The van der Waals surface area contributed by atoms with Crippen LogP contribution in [-0.4, -0.2) is 18.0 Å². The molecular formula is C20H37NO. The smallest absolute Gasteiger partial charge is 0.183 e. The van der Waals surface area contributed by atoms with Crippen LogP contribution < -0.4 is 0 Å². The minimum Gasteiger partial charge on any atom is -0.478 e. The molecule has 0 fully saturated rings. The fraction of sp³-hybridized carbons (Fsp3) is 0.850. The number of hydrogen-bond donors (Lipinski definition) is 0. The number of rotatable bonds is 13. The first-order valence-electron chi connectivity index (χ1n) is 9.50. The molecule has 0 unspecified atom stereocenters. The first kappa shape index (κ1) is 19.3. The van der Waals surface area contributed by atoms with Gasteiger partial charge in [0.05, 0.1) is 5.54 Å². The maximum absolute atomic E-state index is 5.61. The zero-order chi connectivity index (χ0) is 16.1. The van der Waals surface area contributed by atoms with Crippen LogP contribution in [0.2, 0.25) is 0 Å². The van der Waals surface area contributed by atoms with Crippen molar-refractivity contribution in [2.75, 3.05) is 6.61 Å². The van der Waals surface area contributed by atoms with Crippen molar-refractivity contribution in [3.63, 3.8) is 0 Å². The highest BCUT2D eigenvalue weighted by molar-refractivity contribution is 5.78. The standard InChI is InChI=1S/C20H37NO/c1-4-5-6-7-8-9-10-11-12-13-14-15-16-17-19-21-20(2,3)18-22-19/h12-13H,4-11,14-18H2,1-3H3/b13-12-. The summed E-state index contributed by atoms with van der Waals surface area (Å²) < 4.78 is 5.61. The van der Waals surface area contributed by atoms with Crippen LogP contribution in [0.25, 0.3) is 0 Å². The second-order valence-corrected chi connectivity index (χ2v) is 7.23. The fourth-order valence-corrected chi connectivity index (χ4v) is 2.78. The molecule has 0 bridgehead atoms. The Labute approximate surface area is 138 Å². The highest BCUT2D eigenvalue weighted by Crippen LogP contribution is 2.19. The monoisotopic (exact) mass is 307 g/mol. The minimum atomic E-state index is 0.00573. The minimum absolute atomic E-state index is 0.00573.